The Morgan fingerprint density at radius 3 is 2.30 bits per heavy atom. The predicted octanol–water partition coefficient (Wildman–Crippen LogP) is 5.88. The third kappa shape index (κ3) is 8.01. The van der Waals surface area contributed by atoms with Gasteiger partial charge in [-0.25, -0.2) is 4.79 Å². The molecule has 122 valence electrons. The van der Waals surface area contributed by atoms with E-state index < -0.39 is 5.97 Å². The molecule has 0 radical (unpaired) electrons. The van der Waals surface area contributed by atoms with E-state index in [2.05, 4.69) is 45.1 Å². The molecule has 0 aliphatic carbocycles. The van der Waals surface area contributed by atoms with E-state index in [0.29, 0.717) is 0 Å². The summed E-state index contributed by atoms with van der Waals surface area (Å²) in [5.41, 5.74) is 5.50. The quantitative estimate of drug-likeness (QED) is 0.388. The number of allylic oxidation sites excluding steroid dienone is 6. The van der Waals surface area contributed by atoms with E-state index in [0.717, 1.165) is 29.5 Å². The van der Waals surface area contributed by atoms with Crippen molar-refractivity contribution < 1.29 is 9.90 Å². The molecule has 1 aromatic rings. The van der Waals surface area contributed by atoms with Crippen molar-refractivity contribution >= 4 is 17.6 Å². The Labute approximate surface area is 139 Å². The van der Waals surface area contributed by atoms with E-state index >= 15 is 0 Å². The van der Waals surface area contributed by atoms with Crippen molar-refractivity contribution in [3.63, 3.8) is 0 Å². The zero-order chi connectivity index (χ0) is 17.2. The Hall–Kier alpha value is -2.35. The molecule has 1 aromatic carbocycles. The first kappa shape index (κ1) is 18.7. The van der Waals surface area contributed by atoms with Crippen LogP contribution >= 0.6 is 0 Å². The molecular weight excluding hydrogens is 284 g/mol. The number of carbonyl (C=O) groups is 1. The van der Waals surface area contributed by atoms with Crippen LogP contribution in [0.5, 0.6) is 0 Å². The average molecular weight is 310 g/mol. The Bertz CT molecular complexity index is 637. The fraction of sp³-hybridized carbons (Fsp3) is 0.286. The summed E-state index contributed by atoms with van der Waals surface area (Å²) in [4.78, 5) is 10.7. The van der Waals surface area contributed by atoms with E-state index in [1.54, 1.807) is 6.92 Å². The zero-order valence-electron chi connectivity index (χ0n) is 14.5. The van der Waals surface area contributed by atoms with Gasteiger partial charge in [0.15, 0.2) is 0 Å². The van der Waals surface area contributed by atoms with Gasteiger partial charge in [-0.05, 0) is 57.2 Å². The van der Waals surface area contributed by atoms with Crippen LogP contribution in [0, 0.1) is 0 Å². The number of hydrogen-bond acceptors (Lipinski definition) is 1. The van der Waals surface area contributed by atoms with Crippen molar-refractivity contribution in [3.05, 3.63) is 70.8 Å². The summed E-state index contributed by atoms with van der Waals surface area (Å²) in [6.45, 7) is 8.19. The second-order valence-corrected chi connectivity index (χ2v) is 5.98. The van der Waals surface area contributed by atoms with Crippen molar-refractivity contribution in [2.24, 2.45) is 0 Å². The first-order chi connectivity index (χ1) is 10.9. The maximum Gasteiger partial charge on any atom is 0.328 e. The minimum absolute atomic E-state index is 0.753. The lowest BCUT2D eigenvalue weighted by Crippen LogP contribution is -1.89. The van der Waals surface area contributed by atoms with Crippen LogP contribution in [0.4, 0.5) is 0 Å². The molecule has 0 heterocycles. The molecule has 0 fully saturated rings. The van der Waals surface area contributed by atoms with Gasteiger partial charge in [-0.1, -0.05) is 59.7 Å². The van der Waals surface area contributed by atoms with Gasteiger partial charge in [0.05, 0.1) is 0 Å². The Balaban J connectivity index is 2.64. The van der Waals surface area contributed by atoms with Gasteiger partial charge in [0.25, 0.3) is 0 Å². The third-order valence-corrected chi connectivity index (χ3v) is 3.47. The standard InChI is InChI=1S/C21H26O2/c1-16(2)7-5-8-17(3)9-6-10-19-11-13-20(14-12-19)18(4)15-21(22)23/h6-7,9-15H,5,8H2,1-4H3,(H,22,23). The molecular formula is C21H26O2. The number of hydrogen-bond donors (Lipinski definition) is 1. The molecule has 0 unspecified atom stereocenters. The number of aliphatic carboxylic acids is 1. The van der Waals surface area contributed by atoms with Crippen molar-refractivity contribution in [3.8, 4) is 0 Å². The Kier molecular flexibility index (Phi) is 7.82. The second kappa shape index (κ2) is 9.62. The number of carboxylic acids is 1. The molecule has 0 saturated carbocycles. The van der Waals surface area contributed by atoms with Crippen molar-refractivity contribution in [2.75, 3.05) is 0 Å². The molecule has 1 N–H and O–H groups in total. The first-order valence-electron chi connectivity index (χ1n) is 7.87. The minimum Gasteiger partial charge on any atom is -0.478 e. The predicted molar refractivity (Wildman–Crippen MR) is 99.2 cm³/mol. The molecule has 0 spiro atoms. The summed E-state index contributed by atoms with van der Waals surface area (Å²) < 4.78 is 0. The van der Waals surface area contributed by atoms with Crippen LogP contribution in [0.15, 0.2) is 59.7 Å². The lowest BCUT2D eigenvalue weighted by Gasteiger charge is -2.01. The summed E-state index contributed by atoms with van der Waals surface area (Å²) in [7, 11) is 0. The van der Waals surface area contributed by atoms with Crippen LogP contribution in [0.25, 0.3) is 11.6 Å². The third-order valence-electron chi connectivity index (χ3n) is 3.47. The smallest absolute Gasteiger partial charge is 0.328 e. The molecule has 0 saturated heterocycles. The maximum atomic E-state index is 10.7. The molecule has 0 amide bonds. The van der Waals surface area contributed by atoms with Crippen LogP contribution in [-0.2, 0) is 4.79 Å². The molecule has 1 rings (SSSR count). The van der Waals surface area contributed by atoms with Crippen LogP contribution in [-0.4, -0.2) is 11.1 Å². The monoisotopic (exact) mass is 310 g/mol. The van der Waals surface area contributed by atoms with E-state index in [4.69, 9.17) is 5.11 Å². The topological polar surface area (TPSA) is 37.3 Å². The number of carboxylic acid groups (broad SMARTS) is 1. The normalized spacial score (nSPS) is 12.5. The van der Waals surface area contributed by atoms with Crippen molar-refractivity contribution in [1.29, 1.82) is 0 Å². The van der Waals surface area contributed by atoms with E-state index in [1.165, 1.54) is 17.2 Å². The highest BCUT2D eigenvalue weighted by atomic mass is 16.4. The van der Waals surface area contributed by atoms with Gasteiger partial charge in [0.2, 0.25) is 0 Å². The summed E-state index contributed by atoms with van der Waals surface area (Å²) in [5, 5.41) is 8.76. The highest BCUT2D eigenvalue weighted by molar-refractivity contribution is 5.89. The largest absolute Gasteiger partial charge is 0.478 e. The molecule has 2 nitrogen and oxygen atoms in total. The highest BCUT2D eigenvalue weighted by Crippen LogP contribution is 2.15. The van der Waals surface area contributed by atoms with Crippen molar-refractivity contribution in [2.45, 2.75) is 40.5 Å². The number of rotatable bonds is 7. The summed E-state index contributed by atoms with van der Waals surface area (Å²) in [6, 6.07) is 7.88. The molecule has 0 aliphatic heterocycles. The van der Waals surface area contributed by atoms with Gasteiger partial charge in [0, 0.05) is 6.08 Å². The van der Waals surface area contributed by atoms with Crippen LogP contribution < -0.4 is 0 Å². The van der Waals surface area contributed by atoms with Gasteiger partial charge in [-0.3, -0.25) is 0 Å². The average Bonchev–Trinajstić information content (AvgIpc) is 2.46. The van der Waals surface area contributed by atoms with Crippen LogP contribution in [0.3, 0.4) is 0 Å². The Morgan fingerprint density at radius 1 is 1.09 bits per heavy atom. The fourth-order valence-corrected chi connectivity index (χ4v) is 2.12. The van der Waals surface area contributed by atoms with Crippen molar-refractivity contribution in [1.82, 2.24) is 0 Å². The summed E-state index contributed by atoms with van der Waals surface area (Å²) in [6.07, 6.45) is 11.9. The van der Waals surface area contributed by atoms with Gasteiger partial charge in [-0.15, -0.1) is 0 Å². The first-order valence-corrected chi connectivity index (χ1v) is 7.87. The molecule has 0 aromatic heterocycles. The summed E-state index contributed by atoms with van der Waals surface area (Å²) in [5.74, 6) is -0.916. The molecule has 0 bridgehead atoms. The minimum atomic E-state index is -0.916. The van der Waals surface area contributed by atoms with E-state index in [1.807, 2.05) is 24.3 Å². The van der Waals surface area contributed by atoms with E-state index in [-0.39, 0.29) is 0 Å². The molecule has 23 heavy (non-hydrogen) atoms. The lowest BCUT2D eigenvalue weighted by atomic mass is 10.0. The maximum absolute atomic E-state index is 10.7. The highest BCUT2D eigenvalue weighted by Gasteiger charge is 1.98. The van der Waals surface area contributed by atoms with Crippen LogP contribution in [0.1, 0.15) is 51.7 Å². The van der Waals surface area contributed by atoms with Crippen LogP contribution in [0.2, 0.25) is 0 Å². The summed E-state index contributed by atoms with van der Waals surface area (Å²) >= 11 is 0. The van der Waals surface area contributed by atoms with Gasteiger partial charge in [-0.2, -0.15) is 0 Å². The molecule has 2 heteroatoms. The molecule has 0 atom stereocenters. The lowest BCUT2D eigenvalue weighted by molar-refractivity contribution is -0.131. The van der Waals surface area contributed by atoms with Gasteiger partial charge in [0.1, 0.15) is 0 Å². The second-order valence-electron chi connectivity index (χ2n) is 5.98. The SMILES string of the molecule is CC(C)=CCCC(C)=CC=Cc1ccc(C(C)=CC(=O)O)cc1. The number of benzene rings is 1. The fourth-order valence-electron chi connectivity index (χ4n) is 2.12. The Morgan fingerprint density at radius 2 is 1.74 bits per heavy atom. The van der Waals surface area contributed by atoms with Gasteiger partial charge < -0.3 is 5.11 Å². The zero-order valence-corrected chi connectivity index (χ0v) is 14.5. The molecule has 0 aliphatic rings. The van der Waals surface area contributed by atoms with E-state index in [9.17, 15) is 4.79 Å². The van der Waals surface area contributed by atoms with Gasteiger partial charge >= 0.3 is 5.97 Å².